The van der Waals surface area contributed by atoms with Gasteiger partial charge in [-0.2, -0.15) is 0 Å². The van der Waals surface area contributed by atoms with E-state index in [1.54, 1.807) is 18.2 Å². The highest BCUT2D eigenvalue weighted by molar-refractivity contribution is 6.43. The maximum Gasteiger partial charge on any atom is 0.271 e. The van der Waals surface area contributed by atoms with Crippen molar-refractivity contribution in [3.8, 4) is 0 Å². The van der Waals surface area contributed by atoms with E-state index in [0.717, 1.165) is 4.90 Å². The van der Waals surface area contributed by atoms with E-state index in [4.69, 9.17) is 11.6 Å². The van der Waals surface area contributed by atoms with E-state index in [2.05, 4.69) is 4.98 Å². The normalized spacial score (nSPS) is 15.9. The Kier molecular flexibility index (Phi) is 3.01. The lowest BCUT2D eigenvalue weighted by Crippen LogP contribution is -2.39. The number of halogens is 1. The topological polar surface area (TPSA) is 50.3 Å². The van der Waals surface area contributed by atoms with Crippen molar-refractivity contribution in [3.63, 3.8) is 0 Å². The Morgan fingerprint density at radius 3 is 2.75 bits per heavy atom. The van der Waals surface area contributed by atoms with E-state index in [1.165, 1.54) is 12.4 Å². The zero-order valence-corrected chi connectivity index (χ0v) is 9.15. The molecule has 0 saturated carbocycles. The lowest BCUT2D eigenvalue weighted by molar-refractivity contribution is -0.124. The standard InChI is InChI=1S/C11H9ClN2O2/c12-9-2-1-7-14(11(9)16)10(15)8-3-5-13-6-4-8/h2-6H,1,7H2. The first-order valence-corrected chi connectivity index (χ1v) is 5.20. The zero-order valence-electron chi connectivity index (χ0n) is 8.39. The number of pyridine rings is 1. The average Bonchev–Trinajstić information content (AvgIpc) is 2.33. The summed E-state index contributed by atoms with van der Waals surface area (Å²) in [7, 11) is 0. The Bertz CT molecular complexity index is 456. The third kappa shape index (κ3) is 1.97. The van der Waals surface area contributed by atoms with E-state index in [1.807, 2.05) is 0 Å². The van der Waals surface area contributed by atoms with Gasteiger partial charge >= 0.3 is 0 Å². The molecule has 0 radical (unpaired) electrons. The third-order valence-electron chi connectivity index (χ3n) is 2.30. The second-order valence-electron chi connectivity index (χ2n) is 3.34. The number of nitrogens with zero attached hydrogens (tertiary/aromatic N) is 2. The molecule has 0 atom stereocenters. The predicted molar refractivity (Wildman–Crippen MR) is 58.8 cm³/mol. The molecular formula is C11H9ClN2O2. The minimum absolute atomic E-state index is 0.105. The van der Waals surface area contributed by atoms with Crippen LogP contribution in [0.4, 0.5) is 0 Å². The summed E-state index contributed by atoms with van der Waals surface area (Å²) in [5.74, 6) is -0.770. The largest absolute Gasteiger partial charge is 0.273 e. The first-order valence-electron chi connectivity index (χ1n) is 4.82. The molecule has 1 aliphatic heterocycles. The highest BCUT2D eigenvalue weighted by Gasteiger charge is 2.26. The van der Waals surface area contributed by atoms with Gasteiger partial charge in [-0.1, -0.05) is 17.7 Å². The molecule has 16 heavy (non-hydrogen) atoms. The average molecular weight is 237 g/mol. The van der Waals surface area contributed by atoms with Gasteiger partial charge in [0.1, 0.15) is 5.03 Å². The quantitative estimate of drug-likeness (QED) is 0.696. The van der Waals surface area contributed by atoms with Crippen LogP contribution in [0.5, 0.6) is 0 Å². The van der Waals surface area contributed by atoms with Gasteiger partial charge < -0.3 is 0 Å². The van der Waals surface area contributed by atoms with Crippen LogP contribution in [0.2, 0.25) is 0 Å². The van der Waals surface area contributed by atoms with Gasteiger partial charge in [0, 0.05) is 24.5 Å². The predicted octanol–water partition coefficient (Wildman–Crippen LogP) is 1.58. The van der Waals surface area contributed by atoms with Gasteiger partial charge in [0.2, 0.25) is 0 Å². The second kappa shape index (κ2) is 4.45. The molecule has 82 valence electrons. The fourth-order valence-corrected chi connectivity index (χ4v) is 1.69. The number of carbonyl (C=O) groups excluding carboxylic acids is 2. The number of hydrogen-bond acceptors (Lipinski definition) is 3. The van der Waals surface area contributed by atoms with E-state index in [0.29, 0.717) is 18.5 Å². The van der Waals surface area contributed by atoms with Crippen molar-refractivity contribution >= 4 is 23.4 Å². The Morgan fingerprint density at radius 2 is 2.06 bits per heavy atom. The lowest BCUT2D eigenvalue weighted by atomic mass is 10.2. The van der Waals surface area contributed by atoms with Crippen LogP contribution in [0.1, 0.15) is 16.8 Å². The molecule has 0 aromatic carbocycles. The second-order valence-corrected chi connectivity index (χ2v) is 3.75. The molecule has 4 nitrogen and oxygen atoms in total. The van der Waals surface area contributed by atoms with Gasteiger partial charge in [0.05, 0.1) is 0 Å². The highest BCUT2D eigenvalue weighted by atomic mass is 35.5. The van der Waals surface area contributed by atoms with Gasteiger partial charge in [-0.15, -0.1) is 0 Å². The fourth-order valence-electron chi connectivity index (χ4n) is 1.48. The van der Waals surface area contributed by atoms with E-state index in [-0.39, 0.29) is 10.9 Å². The van der Waals surface area contributed by atoms with Crippen LogP contribution < -0.4 is 0 Å². The number of imide groups is 1. The first-order chi connectivity index (χ1) is 7.70. The van der Waals surface area contributed by atoms with Crippen LogP contribution >= 0.6 is 11.6 Å². The summed E-state index contributed by atoms with van der Waals surface area (Å²) >= 11 is 5.70. The maximum atomic E-state index is 11.9. The van der Waals surface area contributed by atoms with Crippen LogP contribution in [0.15, 0.2) is 35.6 Å². The van der Waals surface area contributed by atoms with E-state index >= 15 is 0 Å². The molecular weight excluding hydrogens is 228 g/mol. The summed E-state index contributed by atoms with van der Waals surface area (Å²) < 4.78 is 0. The number of aromatic nitrogens is 1. The van der Waals surface area contributed by atoms with Crippen molar-refractivity contribution in [3.05, 3.63) is 41.2 Å². The lowest BCUT2D eigenvalue weighted by Gasteiger charge is -2.23. The van der Waals surface area contributed by atoms with Crippen molar-refractivity contribution in [1.29, 1.82) is 0 Å². The van der Waals surface area contributed by atoms with Gasteiger partial charge in [-0.3, -0.25) is 19.5 Å². The highest BCUT2D eigenvalue weighted by Crippen LogP contribution is 2.17. The van der Waals surface area contributed by atoms with Gasteiger partial charge in [0.25, 0.3) is 11.8 Å². The van der Waals surface area contributed by atoms with Crippen LogP contribution in [-0.4, -0.2) is 28.2 Å². The minimum atomic E-state index is -0.435. The molecule has 1 aliphatic rings. The first kappa shape index (κ1) is 10.8. The molecule has 1 aromatic rings. The maximum absolute atomic E-state index is 11.9. The molecule has 2 heterocycles. The number of amides is 2. The summed E-state index contributed by atoms with van der Waals surface area (Å²) in [6.07, 6.45) is 5.25. The molecule has 2 rings (SSSR count). The third-order valence-corrected chi connectivity index (χ3v) is 2.61. The number of rotatable bonds is 1. The van der Waals surface area contributed by atoms with Crippen molar-refractivity contribution in [1.82, 2.24) is 9.88 Å². The number of hydrogen-bond donors (Lipinski definition) is 0. The smallest absolute Gasteiger partial charge is 0.271 e. The van der Waals surface area contributed by atoms with Crippen LogP contribution in [0, 0.1) is 0 Å². The van der Waals surface area contributed by atoms with Crippen molar-refractivity contribution in [2.45, 2.75) is 6.42 Å². The summed E-state index contributed by atoms with van der Waals surface area (Å²) in [4.78, 5) is 28.5. The number of carbonyl (C=O) groups is 2. The molecule has 0 aliphatic carbocycles. The molecule has 2 amide bonds. The Labute approximate surface area is 97.5 Å². The minimum Gasteiger partial charge on any atom is -0.273 e. The van der Waals surface area contributed by atoms with Crippen molar-refractivity contribution in [2.75, 3.05) is 6.54 Å². The van der Waals surface area contributed by atoms with Gasteiger partial charge in [-0.25, -0.2) is 0 Å². The van der Waals surface area contributed by atoms with E-state index in [9.17, 15) is 9.59 Å². The summed E-state index contributed by atoms with van der Waals surface area (Å²) in [5, 5.41) is 0.105. The molecule has 0 spiro atoms. The van der Waals surface area contributed by atoms with Crippen LogP contribution in [0.3, 0.4) is 0 Å². The molecule has 0 fully saturated rings. The van der Waals surface area contributed by atoms with Crippen molar-refractivity contribution in [2.24, 2.45) is 0 Å². The fraction of sp³-hybridized carbons (Fsp3) is 0.182. The molecule has 0 unspecified atom stereocenters. The zero-order chi connectivity index (χ0) is 11.5. The molecule has 5 heteroatoms. The Morgan fingerprint density at radius 1 is 1.38 bits per heavy atom. The summed E-state index contributed by atoms with van der Waals surface area (Å²) in [6, 6.07) is 3.14. The SMILES string of the molecule is O=C1C(Cl)=CCCN1C(=O)c1ccncc1. The van der Waals surface area contributed by atoms with Gasteiger partial charge in [-0.05, 0) is 18.6 Å². The Hall–Kier alpha value is -1.68. The van der Waals surface area contributed by atoms with Crippen LogP contribution in [-0.2, 0) is 4.79 Å². The molecule has 0 N–H and O–H groups in total. The van der Waals surface area contributed by atoms with Crippen molar-refractivity contribution < 1.29 is 9.59 Å². The monoisotopic (exact) mass is 236 g/mol. The molecule has 0 bridgehead atoms. The summed E-state index contributed by atoms with van der Waals surface area (Å²) in [5.41, 5.74) is 0.440. The Balaban J connectivity index is 2.24. The molecule has 0 saturated heterocycles. The van der Waals surface area contributed by atoms with E-state index < -0.39 is 5.91 Å². The summed E-state index contributed by atoms with van der Waals surface area (Å²) in [6.45, 7) is 0.371. The van der Waals surface area contributed by atoms with Gasteiger partial charge in [0.15, 0.2) is 0 Å². The molecule has 1 aromatic heterocycles. The van der Waals surface area contributed by atoms with Crippen LogP contribution in [0.25, 0.3) is 0 Å².